The molecule has 1 amide bonds. The van der Waals surface area contributed by atoms with E-state index in [2.05, 4.69) is 17.1 Å². The first-order valence-corrected chi connectivity index (χ1v) is 8.89. The number of nitrogens with one attached hydrogen (secondary N) is 1. The Labute approximate surface area is 138 Å². The maximum absolute atomic E-state index is 13.9. The molecular formula is C19H27FN2O. The van der Waals surface area contributed by atoms with Crippen molar-refractivity contribution in [2.24, 2.45) is 11.8 Å². The second-order valence-electron chi connectivity index (χ2n) is 7.03. The molecule has 0 aromatic heterocycles. The highest BCUT2D eigenvalue weighted by Crippen LogP contribution is 2.33. The van der Waals surface area contributed by atoms with Gasteiger partial charge in [0.15, 0.2) is 0 Å². The van der Waals surface area contributed by atoms with E-state index in [-0.39, 0.29) is 11.9 Å². The molecule has 23 heavy (non-hydrogen) atoms. The number of halogens is 1. The predicted molar refractivity (Wildman–Crippen MR) is 89.4 cm³/mol. The third kappa shape index (κ3) is 3.74. The van der Waals surface area contributed by atoms with Gasteiger partial charge in [-0.1, -0.05) is 31.5 Å². The van der Waals surface area contributed by atoms with Gasteiger partial charge in [0.05, 0.1) is 0 Å². The fourth-order valence-electron chi connectivity index (χ4n) is 3.69. The zero-order chi connectivity index (χ0) is 16.4. The number of benzene rings is 1. The van der Waals surface area contributed by atoms with Crippen molar-refractivity contribution in [3.63, 3.8) is 0 Å². The third-order valence-corrected chi connectivity index (χ3v) is 5.33. The Bertz CT molecular complexity index is 558. The van der Waals surface area contributed by atoms with E-state index in [1.165, 1.54) is 6.07 Å². The maximum atomic E-state index is 13.9. The lowest BCUT2D eigenvalue weighted by molar-refractivity contribution is -0.134. The zero-order valence-electron chi connectivity index (χ0n) is 14.1. The van der Waals surface area contributed by atoms with Crippen LogP contribution >= 0.6 is 0 Å². The topological polar surface area (TPSA) is 32.3 Å². The second-order valence-corrected chi connectivity index (χ2v) is 7.03. The average Bonchev–Trinajstić information content (AvgIpc) is 3.39. The van der Waals surface area contributed by atoms with Crippen LogP contribution in [-0.4, -0.2) is 29.9 Å². The van der Waals surface area contributed by atoms with E-state index in [9.17, 15) is 9.18 Å². The predicted octanol–water partition coefficient (Wildman–Crippen LogP) is 3.51. The second kappa shape index (κ2) is 7.00. The molecule has 0 bridgehead atoms. The van der Waals surface area contributed by atoms with Crippen molar-refractivity contribution in [2.45, 2.75) is 51.6 Å². The van der Waals surface area contributed by atoms with Gasteiger partial charge < -0.3 is 10.2 Å². The number of rotatable bonds is 5. The van der Waals surface area contributed by atoms with E-state index in [0.717, 1.165) is 44.3 Å². The summed E-state index contributed by atoms with van der Waals surface area (Å²) in [6, 6.07) is 7.30. The minimum Gasteiger partial charge on any atom is -0.342 e. The van der Waals surface area contributed by atoms with Crippen molar-refractivity contribution in [1.29, 1.82) is 0 Å². The largest absolute Gasteiger partial charge is 0.342 e. The van der Waals surface area contributed by atoms with Crippen molar-refractivity contribution >= 4 is 5.91 Å². The van der Waals surface area contributed by atoms with Gasteiger partial charge in [-0.25, -0.2) is 4.39 Å². The van der Waals surface area contributed by atoms with E-state index in [1.54, 1.807) is 6.07 Å². The van der Waals surface area contributed by atoms with Crippen LogP contribution < -0.4 is 5.32 Å². The highest BCUT2D eigenvalue weighted by molar-refractivity contribution is 5.81. The van der Waals surface area contributed by atoms with Crippen molar-refractivity contribution in [3.05, 3.63) is 35.6 Å². The lowest BCUT2D eigenvalue weighted by Crippen LogP contribution is -2.51. The highest BCUT2D eigenvalue weighted by Gasteiger charge is 2.37. The number of carbonyl (C=O) groups is 1. The summed E-state index contributed by atoms with van der Waals surface area (Å²) in [6.45, 7) is 5.87. The summed E-state index contributed by atoms with van der Waals surface area (Å²) >= 11 is 0. The molecule has 0 unspecified atom stereocenters. The molecule has 3 atom stereocenters. The Hall–Kier alpha value is -1.42. The van der Waals surface area contributed by atoms with Gasteiger partial charge in [0.2, 0.25) is 5.91 Å². The van der Waals surface area contributed by atoms with Gasteiger partial charge in [-0.05, 0) is 38.2 Å². The average molecular weight is 318 g/mol. The van der Waals surface area contributed by atoms with E-state index in [4.69, 9.17) is 0 Å². The first-order chi connectivity index (χ1) is 11.1. The Morgan fingerprint density at radius 3 is 2.74 bits per heavy atom. The minimum absolute atomic E-state index is 0.0130. The monoisotopic (exact) mass is 318 g/mol. The molecule has 4 heteroatoms. The summed E-state index contributed by atoms with van der Waals surface area (Å²) in [5.74, 6) is 0.945. The van der Waals surface area contributed by atoms with Crippen molar-refractivity contribution < 1.29 is 9.18 Å². The summed E-state index contributed by atoms with van der Waals surface area (Å²) in [5, 5.41) is 3.60. The van der Waals surface area contributed by atoms with Crippen molar-refractivity contribution in [1.82, 2.24) is 10.2 Å². The molecule has 1 aromatic rings. The molecule has 0 radical (unpaired) electrons. The molecule has 1 aliphatic carbocycles. The molecule has 1 N–H and O–H groups in total. The summed E-state index contributed by atoms with van der Waals surface area (Å²) in [7, 11) is 0. The van der Waals surface area contributed by atoms with Crippen LogP contribution in [0, 0.1) is 17.7 Å². The number of carbonyl (C=O) groups excluding carboxylic acids is 1. The molecule has 2 fully saturated rings. The van der Waals surface area contributed by atoms with Crippen molar-refractivity contribution in [3.8, 4) is 0 Å². The smallest absolute Gasteiger partial charge is 0.225 e. The van der Waals surface area contributed by atoms with Crippen LogP contribution in [0.3, 0.4) is 0 Å². The third-order valence-electron chi connectivity index (χ3n) is 5.33. The number of hydrogen-bond acceptors (Lipinski definition) is 2. The van der Waals surface area contributed by atoms with Crippen LogP contribution in [0.5, 0.6) is 0 Å². The summed E-state index contributed by atoms with van der Waals surface area (Å²) in [6.07, 6.45) is 4.13. The number of piperidine rings is 1. The lowest BCUT2D eigenvalue weighted by atomic mass is 9.88. The first kappa shape index (κ1) is 16.4. The molecule has 1 aliphatic heterocycles. The van der Waals surface area contributed by atoms with Gasteiger partial charge in [0, 0.05) is 36.7 Å². The van der Waals surface area contributed by atoms with Gasteiger partial charge in [-0.15, -0.1) is 0 Å². The van der Waals surface area contributed by atoms with Crippen molar-refractivity contribution in [2.75, 3.05) is 13.1 Å². The molecular weight excluding hydrogens is 291 g/mol. The zero-order valence-corrected chi connectivity index (χ0v) is 14.1. The Morgan fingerprint density at radius 1 is 1.35 bits per heavy atom. The van der Waals surface area contributed by atoms with Crippen LogP contribution in [-0.2, 0) is 4.79 Å². The number of nitrogens with zero attached hydrogens (tertiary/aromatic N) is 1. The molecule has 1 heterocycles. The van der Waals surface area contributed by atoms with Crippen LogP contribution in [0.4, 0.5) is 4.39 Å². The Balaban J connectivity index is 1.61. The maximum Gasteiger partial charge on any atom is 0.225 e. The molecule has 1 saturated carbocycles. The van der Waals surface area contributed by atoms with Crippen LogP contribution in [0.25, 0.3) is 0 Å². The standard InChI is InChI=1S/C19H27FN2O/c1-3-14-12-22(19(23)15-8-9-15)11-10-18(14)21-13(2)16-6-4-5-7-17(16)20/h4-7,13-15,18,21H,3,8-12H2,1-2H3/t13-,14+,18+/m0/s1. The molecule has 3 nitrogen and oxygen atoms in total. The van der Waals surface area contributed by atoms with Gasteiger partial charge in [0.25, 0.3) is 0 Å². The van der Waals surface area contributed by atoms with E-state index in [0.29, 0.717) is 23.8 Å². The van der Waals surface area contributed by atoms with Gasteiger partial charge in [0.1, 0.15) is 5.82 Å². The molecule has 1 saturated heterocycles. The molecule has 126 valence electrons. The number of likely N-dealkylation sites (tertiary alicyclic amines) is 1. The molecule has 2 aliphatic rings. The Morgan fingerprint density at radius 2 is 2.09 bits per heavy atom. The van der Waals surface area contributed by atoms with Crippen LogP contribution in [0.15, 0.2) is 24.3 Å². The quantitative estimate of drug-likeness (QED) is 0.901. The summed E-state index contributed by atoms with van der Waals surface area (Å²) in [4.78, 5) is 14.3. The fourth-order valence-corrected chi connectivity index (χ4v) is 3.69. The fraction of sp³-hybridized carbons (Fsp3) is 0.632. The lowest BCUT2D eigenvalue weighted by Gasteiger charge is -2.40. The number of amides is 1. The first-order valence-electron chi connectivity index (χ1n) is 8.89. The van der Waals surface area contributed by atoms with Crippen LogP contribution in [0.2, 0.25) is 0 Å². The number of hydrogen-bond donors (Lipinski definition) is 1. The molecule has 0 spiro atoms. The summed E-state index contributed by atoms with van der Waals surface area (Å²) < 4.78 is 13.9. The van der Waals surface area contributed by atoms with E-state index < -0.39 is 0 Å². The molecule has 1 aromatic carbocycles. The van der Waals surface area contributed by atoms with E-state index in [1.807, 2.05) is 19.1 Å². The van der Waals surface area contributed by atoms with Gasteiger partial charge in [-0.3, -0.25) is 4.79 Å². The van der Waals surface area contributed by atoms with E-state index >= 15 is 0 Å². The normalized spacial score (nSPS) is 26.1. The summed E-state index contributed by atoms with van der Waals surface area (Å²) in [5.41, 5.74) is 0.721. The molecule has 3 rings (SSSR count). The Kier molecular flexibility index (Phi) is 5.00. The minimum atomic E-state index is -0.151. The van der Waals surface area contributed by atoms with Gasteiger partial charge >= 0.3 is 0 Å². The van der Waals surface area contributed by atoms with Crippen LogP contribution in [0.1, 0.15) is 51.1 Å². The highest BCUT2D eigenvalue weighted by atomic mass is 19.1. The van der Waals surface area contributed by atoms with Gasteiger partial charge in [-0.2, -0.15) is 0 Å². The SMILES string of the molecule is CC[C@@H]1CN(C(=O)C2CC2)CC[C@H]1N[C@@H](C)c1ccccc1F.